The summed E-state index contributed by atoms with van der Waals surface area (Å²) in [5, 5.41) is 15.3. The summed E-state index contributed by atoms with van der Waals surface area (Å²) in [5.41, 5.74) is 2.06. The Hall–Kier alpha value is -1.85. The Balaban J connectivity index is 2.55. The minimum atomic E-state index is -0.854. The van der Waals surface area contributed by atoms with Crippen LogP contribution in [0.1, 0.15) is 34.6 Å². The quantitative estimate of drug-likeness (QED) is 0.738. The molecule has 0 unspecified atom stereocenters. The van der Waals surface area contributed by atoms with E-state index in [1.165, 1.54) is 0 Å². The Morgan fingerprint density at radius 2 is 2.06 bits per heavy atom. The summed E-state index contributed by atoms with van der Waals surface area (Å²) < 4.78 is 1.65. The third-order valence-corrected chi connectivity index (χ3v) is 2.59. The molecular formula is C11H17N3O3. The first-order valence-corrected chi connectivity index (χ1v) is 5.43. The number of nitrogens with zero attached hydrogens (tertiary/aromatic N) is 2. The highest BCUT2D eigenvalue weighted by Crippen LogP contribution is 2.11. The van der Waals surface area contributed by atoms with Crippen molar-refractivity contribution < 1.29 is 14.7 Å². The summed E-state index contributed by atoms with van der Waals surface area (Å²) in [6.07, 6.45) is 0.491. The maximum atomic E-state index is 11.8. The van der Waals surface area contributed by atoms with Gasteiger partial charge < -0.3 is 10.4 Å². The van der Waals surface area contributed by atoms with Crippen molar-refractivity contribution in [3.05, 3.63) is 17.0 Å². The molecule has 94 valence electrons. The number of carboxylic acids is 1. The van der Waals surface area contributed by atoms with E-state index >= 15 is 0 Å². The zero-order valence-corrected chi connectivity index (χ0v) is 10.3. The Labute approximate surface area is 99.6 Å². The second-order valence-electron chi connectivity index (χ2n) is 3.92. The fourth-order valence-electron chi connectivity index (χ4n) is 1.63. The minimum Gasteiger partial charge on any atom is -0.481 e. The van der Waals surface area contributed by atoms with Crippen LogP contribution in [0.5, 0.6) is 0 Å². The molecule has 0 aliphatic rings. The molecule has 1 aromatic rings. The van der Waals surface area contributed by atoms with Gasteiger partial charge in [0.2, 0.25) is 0 Å². The van der Waals surface area contributed by atoms with Crippen LogP contribution < -0.4 is 5.32 Å². The summed E-state index contributed by atoms with van der Waals surface area (Å²) in [5.74, 6) is -1.05. The number of amides is 1. The van der Waals surface area contributed by atoms with Crippen molar-refractivity contribution in [2.45, 2.75) is 26.7 Å². The van der Waals surface area contributed by atoms with Gasteiger partial charge in [0.25, 0.3) is 5.91 Å². The first-order chi connectivity index (χ1) is 7.93. The lowest BCUT2D eigenvalue weighted by Crippen LogP contribution is -2.26. The third kappa shape index (κ3) is 3.30. The summed E-state index contributed by atoms with van der Waals surface area (Å²) in [4.78, 5) is 22.1. The normalized spacial score (nSPS) is 10.3. The smallest absolute Gasteiger partial charge is 0.303 e. The number of hydrogen-bond donors (Lipinski definition) is 2. The number of aliphatic carboxylic acids is 1. The van der Waals surface area contributed by atoms with Crippen LogP contribution in [-0.2, 0) is 11.8 Å². The van der Waals surface area contributed by atoms with Crippen molar-refractivity contribution in [2.75, 3.05) is 6.54 Å². The molecule has 0 spiro atoms. The number of aryl methyl sites for hydroxylation is 2. The van der Waals surface area contributed by atoms with Crippen LogP contribution in [0.15, 0.2) is 0 Å². The lowest BCUT2D eigenvalue weighted by molar-refractivity contribution is -0.137. The van der Waals surface area contributed by atoms with E-state index in [0.717, 1.165) is 5.69 Å². The molecule has 0 aromatic carbocycles. The lowest BCUT2D eigenvalue weighted by Gasteiger charge is -2.04. The van der Waals surface area contributed by atoms with Crippen LogP contribution in [0.4, 0.5) is 0 Å². The van der Waals surface area contributed by atoms with Gasteiger partial charge in [-0.3, -0.25) is 14.3 Å². The van der Waals surface area contributed by atoms with Crippen molar-refractivity contribution in [1.29, 1.82) is 0 Å². The number of rotatable bonds is 5. The molecule has 0 atom stereocenters. The predicted molar refractivity (Wildman–Crippen MR) is 61.9 cm³/mol. The molecule has 17 heavy (non-hydrogen) atoms. The van der Waals surface area contributed by atoms with Crippen LogP contribution in [0.3, 0.4) is 0 Å². The molecule has 0 saturated heterocycles. The van der Waals surface area contributed by atoms with Crippen molar-refractivity contribution >= 4 is 11.9 Å². The molecule has 2 N–H and O–H groups in total. The Bertz CT molecular complexity index is 437. The molecule has 6 nitrogen and oxygen atoms in total. The molecule has 0 bridgehead atoms. The summed E-state index contributed by atoms with van der Waals surface area (Å²) in [7, 11) is 1.78. The molecule has 0 saturated carbocycles. The summed E-state index contributed by atoms with van der Waals surface area (Å²) in [6.45, 7) is 3.96. The maximum Gasteiger partial charge on any atom is 0.303 e. The van der Waals surface area contributed by atoms with Crippen molar-refractivity contribution in [2.24, 2.45) is 7.05 Å². The molecule has 0 aliphatic heterocycles. The molecule has 1 rings (SSSR count). The largest absolute Gasteiger partial charge is 0.481 e. The topological polar surface area (TPSA) is 84.2 Å². The van der Waals surface area contributed by atoms with Gasteiger partial charge in [-0.25, -0.2) is 0 Å². The van der Waals surface area contributed by atoms with E-state index in [4.69, 9.17) is 5.11 Å². The number of carboxylic acid groups (broad SMARTS) is 1. The van der Waals surface area contributed by atoms with Gasteiger partial charge in [-0.15, -0.1) is 0 Å². The van der Waals surface area contributed by atoms with E-state index < -0.39 is 5.97 Å². The molecule has 0 radical (unpaired) electrons. The first-order valence-electron chi connectivity index (χ1n) is 5.43. The maximum absolute atomic E-state index is 11.8. The number of aromatic nitrogens is 2. The zero-order valence-electron chi connectivity index (χ0n) is 10.3. The van der Waals surface area contributed by atoms with Gasteiger partial charge in [-0.2, -0.15) is 5.10 Å². The Morgan fingerprint density at radius 3 is 2.53 bits per heavy atom. The third-order valence-electron chi connectivity index (χ3n) is 2.59. The van der Waals surface area contributed by atoms with Crippen LogP contribution in [0, 0.1) is 13.8 Å². The Kier molecular flexibility index (Phi) is 4.25. The van der Waals surface area contributed by atoms with Crippen LogP contribution in [0.2, 0.25) is 0 Å². The SMILES string of the molecule is Cc1nn(C)c(C)c1C(=O)NCCCC(=O)O. The number of hydrogen-bond acceptors (Lipinski definition) is 3. The van der Waals surface area contributed by atoms with Crippen molar-refractivity contribution in [1.82, 2.24) is 15.1 Å². The van der Waals surface area contributed by atoms with E-state index in [1.54, 1.807) is 18.7 Å². The molecule has 0 aliphatic carbocycles. The summed E-state index contributed by atoms with van der Waals surface area (Å²) in [6, 6.07) is 0. The summed E-state index contributed by atoms with van der Waals surface area (Å²) >= 11 is 0. The van der Waals surface area contributed by atoms with E-state index in [-0.39, 0.29) is 12.3 Å². The van der Waals surface area contributed by atoms with E-state index in [9.17, 15) is 9.59 Å². The highest BCUT2D eigenvalue weighted by atomic mass is 16.4. The molecular weight excluding hydrogens is 222 g/mol. The molecule has 0 fully saturated rings. The average Bonchev–Trinajstić information content (AvgIpc) is 2.48. The lowest BCUT2D eigenvalue weighted by atomic mass is 10.2. The van der Waals surface area contributed by atoms with Gasteiger partial charge in [0.05, 0.1) is 11.3 Å². The van der Waals surface area contributed by atoms with Gasteiger partial charge in [0.15, 0.2) is 0 Å². The molecule has 1 heterocycles. The zero-order chi connectivity index (χ0) is 13.0. The van der Waals surface area contributed by atoms with Crippen LogP contribution in [0.25, 0.3) is 0 Å². The van der Waals surface area contributed by atoms with Gasteiger partial charge in [0, 0.05) is 25.7 Å². The fraction of sp³-hybridized carbons (Fsp3) is 0.545. The highest BCUT2D eigenvalue weighted by Gasteiger charge is 2.16. The molecule has 1 amide bonds. The van der Waals surface area contributed by atoms with E-state index in [0.29, 0.717) is 24.2 Å². The van der Waals surface area contributed by atoms with E-state index in [2.05, 4.69) is 10.4 Å². The average molecular weight is 239 g/mol. The molecule has 6 heteroatoms. The highest BCUT2D eigenvalue weighted by molar-refractivity contribution is 5.96. The predicted octanol–water partition coefficient (Wildman–Crippen LogP) is 0.632. The minimum absolute atomic E-state index is 0.0608. The second-order valence-corrected chi connectivity index (χ2v) is 3.92. The number of carbonyl (C=O) groups excluding carboxylic acids is 1. The second kappa shape index (κ2) is 5.47. The molecule has 1 aromatic heterocycles. The Morgan fingerprint density at radius 1 is 1.41 bits per heavy atom. The van der Waals surface area contributed by atoms with Crippen molar-refractivity contribution in [3.8, 4) is 0 Å². The van der Waals surface area contributed by atoms with Crippen molar-refractivity contribution in [3.63, 3.8) is 0 Å². The van der Waals surface area contributed by atoms with Crippen LogP contribution >= 0.6 is 0 Å². The fourth-order valence-corrected chi connectivity index (χ4v) is 1.63. The van der Waals surface area contributed by atoms with Gasteiger partial charge in [0.1, 0.15) is 0 Å². The van der Waals surface area contributed by atoms with Gasteiger partial charge in [-0.1, -0.05) is 0 Å². The van der Waals surface area contributed by atoms with Crippen LogP contribution in [-0.4, -0.2) is 33.3 Å². The standard InChI is InChI=1S/C11H17N3O3/c1-7-10(8(2)14(3)13-7)11(17)12-6-4-5-9(15)16/h4-6H2,1-3H3,(H,12,17)(H,15,16). The van der Waals surface area contributed by atoms with Gasteiger partial charge >= 0.3 is 5.97 Å². The first kappa shape index (κ1) is 13.2. The van der Waals surface area contributed by atoms with E-state index in [1.807, 2.05) is 6.92 Å². The van der Waals surface area contributed by atoms with Gasteiger partial charge in [-0.05, 0) is 20.3 Å². The number of carbonyl (C=O) groups is 2. The number of nitrogens with one attached hydrogen (secondary N) is 1. The monoisotopic (exact) mass is 239 g/mol.